The van der Waals surface area contributed by atoms with Crippen LogP contribution in [0.5, 0.6) is 0 Å². The Morgan fingerprint density at radius 3 is 2.55 bits per heavy atom. The van der Waals surface area contributed by atoms with Crippen LogP contribution in [0, 0.1) is 17.3 Å². The fraction of sp³-hybridized carbons (Fsp3) is 0.556. The average Bonchev–Trinajstić information content (AvgIpc) is 2.90. The van der Waals surface area contributed by atoms with Gasteiger partial charge in [0.05, 0.1) is 5.92 Å². The van der Waals surface area contributed by atoms with Gasteiger partial charge >= 0.3 is 0 Å². The van der Waals surface area contributed by atoms with Gasteiger partial charge in [-0.2, -0.15) is 0 Å². The molecule has 3 rings (SSSR count). The summed E-state index contributed by atoms with van der Waals surface area (Å²) in [5.74, 6) is 0.748. The Hall–Kier alpha value is -1.42. The number of amides is 1. The minimum atomic E-state index is 0.0691. The summed E-state index contributed by atoms with van der Waals surface area (Å²) in [6.07, 6.45) is 2.02. The maximum absolute atomic E-state index is 12.3. The van der Waals surface area contributed by atoms with Gasteiger partial charge < -0.3 is 10.2 Å². The van der Waals surface area contributed by atoms with Crippen molar-refractivity contribution in [2.45, 2.75) is 46.2 Å². The molecule has 0 radical (unpaired) electrons. The highest BCUT2D eigenvalue weighted by Crippen LogP contribution is 2.45. The van der Waals surface area contributed by atoms with E-state index in [2.05, 4.69) is 43.1 Å². The van der Waals surface area contributed by atoms with E-state index in [0.29, 0.717) is 11.0 Å². The number of benzene rings is 1. The third-order valence-corrected chi connectivity index (χ3v) is 5.51. The van der Waals surface area contributed by atoms with Gasteiger partial charge in [0.25, 0.3) is 0 Å². The predicted octanol–water partition coefficient (Wildman–Crippen LogP) is 3.34. The standard InChI is InChI=1S/C18H24N2OS/c1-18(2,3)13-9-14-15(10-13)20(17(22)19-16(14)21)11-12-7-5-4-6-8-12/h4-8,13-15H,9-11H2,1-3H3,(H,19,21,22)/t13-,14-,15+/m1/s1. The Bertz CT molecular complexity index is 578. The molecule has 4 heteroatoms. The number of carbonyl (C=O) groups is 1. The lowest BCUT2D eigenvalue weighted by molar-refractivity contribution is -0.126. The highest BCUT2D eigenvalue weighted by atomic mass is 32.1. The van der Waals surface area contributed by atoms with Crippen molar-refractivity contribution in [1.82, 2.24) is 10.2 Å². The number of fused-ring (bicyclic) bond motifs is 1. The van der Waals surface area contributed by atoms with Crippen LogP contribution in [0.25, 0.3) is 0 Å². The van der Waals surface area contributed by atoms with E-state index >= 15 is 0 Å². The first-order chi connectivity index (χ1) is 10.4. The van der Waals surface area contributed by atoms with Crippen molar-refractivity contribution in [3.05, 3.63) is 35.9 Å². The molecule has 3 atom stereocenters. The maximum atomic E-state index is 12.3. The molecule has 118 valence electrons. The summed E-state index contributed by atoms with van der Waals surface area (Å²) in [5.41, 5.74) is 1.47. The van der Waals surface area contributed by atoms with Crippen molar-refractivity contribution in [2.24, 2.45) is 17.3 Å². The Balaban J connectivity index is 1.83. The molecule has 0 spiro atoms. The number of nitrogens with zero attached hydrogens (tertiary/aromatic N) is 1. The largest absolute Gasteiger partial charge is 0.341 e. The Morgan fingerprint density at radius 2 is 1.91 bits per heavy atom. The van der Waals surface area contributed by atoms with Crippen molar-refractivity contribution in [1.29, 1.82) is 0 Å². The van der Waals surface area contributed by atoms with E-state index in [4.69, 9.17) is 12.2 Å². The van der Waals surface area contributed by atoms with E-state index in [1.165, 1.54) is 5.56 Å². The summed E-state index contributed by atoms with van der Waals surface area (Å²) in [5, 5.41) is 3.50. The molecule has 0 unspecified atom stereocenters. The van der Waals surface area contributed by atoms with Gasteiger partial charge in [-0.25, -0.2) is 0 Å². The van der Waals surface area contributed by atoms with Crippen LogP contribution in [0.1, 0.15) is 39.2 Å². The van der Waals surface area contributed by atoms with Crippen LogP contribution in [0.4, 0.5) is 0 Å². The molecule has 1 saturated carbocycles. The molecule has 0 bridgehead atoms. The van der Waals surface area contributed by atoms with Crippen LogP contribution < -0.4 is 5.32 Å². The molecule has 2 aliphatic rings. The molecule has 1 N–H and O–H groups in total. The molecule has 1 amide bonds. The maximum Gasteiger partial charge on any atom is 0.231 e. The molecule has 1 aliphatic carbocycles. The number of thiocarbonyl (C=S) groups is 1. The predicted molar refractivity (Wildman–Crippen MR) is 92.2 cm³/mol. The lowest BCUT2D eigenvalue weighted by Crippen LogP contribution is -2.57. The van der Waals surface area contributed by atoms with Crippen molar-refractivity contribution in [3.63, 3.8) is 0 Å². The van der Waals surface area contributed by atoms with Crippen LogP contribution in [0.2, 0.25) is 0 Å². The molecule has 0 aromatic heterocycles. The normalized spacial score (nSPS) is 28.5. The van der Waals surface area contributed by atoms with E-state index in [1.54, 1.807) is 0 Å². The molecule has 1 aromatic carbocycles. The zero-order valence-corrected chi connectivity index (χ0v) is 14.3. The van der Waals surface area contributed by atoms with E-state index in [9.17, 15) is 4.79 Å². The van der Waals surface area contributed by atoms with Crippen molar-refractivity contribution >= 4 is 23.2 Å². The highest BCUT2D eigenvalue weighted by Gasteiger charge is 2.48. The molecular weight excluding hydrogens is 292 g/mol. The lowest BCUT2D eigenvalue weighted by Gasteiger charge is -2.39. The number of carbonyl (C=O) groups excluding carboxylic acids is 1. The lowest BCUT2D eigenvalue weighted by atomic mass is 9.79. The van der Waals surface area contributed by atoms with Crippen molar-refractivity contribution in [3.8, 4) is 0 Å². The first-order valence-electron chi connectivity index (χ1n) is 8.01. The van der Waals surface area contributed by atoms with Crippen LogP contribution in [-0.2, 0) is 11.3 Å². The summed E-state index contributed by atoms with van der Waals surface area (Å²) >= 11 is 5.45. The number of nitrogens with one attached hydrogen (secondary N) is 1. The summed E-state index contributed by atoms with van der Waals surface area (Å²) in [4.78, 5) is 14.6. The van der Waals surface area contributed by atoms with E-state index in [0.717, 1.165) is 19.4 Å². The monoisotopic (exact) mass is 316 g/mol. The molecule has 22 heavy (non-hydrogen) atoms. The van der Waals surface area contributed by atoms with Crippen LogP contribution in [-0.4, -0.2) is 22.0 Å². The van der Waals surface area contributed by atoms with Gasteiger partial charge in [0.15, 0.2) is 5.11 Å². The second-order valence-electron chi connectivity index (χ2n) is 7.62. The average molecular weight is 316 g/mol. The van der Waals surface area contributed by atoms with Gasteiger partial charge in [0.1, 0.15) is 0 Å². The summed E-state index contributed by atoms with van der Waals surface area (Å²) in [6.45, 7) is 7.59. The second-order valence-corrected chi connectivity index (χ2v) is 8.00. The van der Waals surface area contributed by atoms with Crippen molar-refractivity contribution in [2.75, 3.05) is 0 Å². The fourth-order valence-electron chi connectivity index (χ4n) is 3.74. The summed E-state index contributed by atoms with van der Waals surface area (Å²) in [7, 11) is 0. The number of hydrogen-bond donors (Lipinski definition) is 1. The third-order valence-electron chi connectivity index (χ3n) is 5.18. The van der Waals surface area contributed by atoms with Crippen molar-refractivity contribution < 1.29 is 4.79 Å². The van der Waals surface area contributed by atoms with Gasteiger partial charge in [-0.15, -0.1) is 0 Å². The molecule has 3 nitrogen and oxygen atoms in total. The Kier molecular flexibility index (Phi) is 3.98. The molecule has 2 fully saturated rings. The minimum Gasteiger partial charge on any atom is -0.341 e. The molecular formula is C18H24N2OS. The topological polar surface area (TPSA) is 32.3 Å². The summed E-state index contributed by atoms with van der Waals surface area (Å²) < 4.78 is 0. The molecule has 1 aromatic rings. The zero-order chi connectivity index (χ0) is 15.9. The van der Waals surface area contributed by atoms with Gasteiger partial charge in [-0.05, 0) is 42.0 Å². The number of hydrogen-bond acceptors (Lipinski definition) is 2. The molecule has 1 aliphatic heterocycles. The Labute approximate surface area is 138 Å². The van der Waals surface area contributed by atoms with Gasteiger partial charge in [-0.1, -0.05) is 51.1 Å². The van der Waals surface area contributed by atoms with E-state index in [1.807, 2.05) is 18.2 Å². The summed E-state index contributed by atoms with van der Waals surface area (Å²) in [6, 6.07) is 10.6. The first-order valence-corrected chi connectivity index (χ1v) is 8.42. The second kappa shape index (κ2) is 5.65. The Morgan fingerprint density at radius 1 is 1.23 bits per heavy atom. The quantitative estimate of drug-likeness (QED) is 0.849. The van der Waals surface area contributed by atoms with E-state index < -0.39 is 0 Å². The molecule has 1 heterocycles. The first kappa shape index (κ1) is 15.5. The highest BCUT2D eigenvalue weighted by molar-refractivity contribution is 7.80. The van der Waals surface area contributed by atoms with Gasteiger partial charge in [0.2, 0.25) is 5.91 Å². The van der Waals surface area contributed by atoms with Crippen LogP contribution >= 0.6 is 12.2 Å². The molecule has 1 saturated heterocycles. The SMILES string of the molecule is CC(C)(C)[C@@H]1C[C@H]2C(=O)NC(=S)N(Cc3ccccc3)[C@H]2C1. The smallest absolute Gasteiger partial charge is 0.231 e. The van der Waals surface area contributed by atoms with Crippen LogP contribution in [0.15, 0.2) is 30.3 Å². The van der Waals surface area contributed by atoms with E-state index in [-0.39, 0.29) is 23.3 Å². The fourth-order valence-corrected chi connectivity index (χ4v) is 4.04. The zero-order valence-electron chi connectivity index (χ0n) is 13.5. The van der Waals surface area contributed by atoms with Gasteiger partial charge in [0, 0.05) is 12.6 Å². The third kappa shape index (κ3) is 2.89. The van der Waals surface area contributed by atoms with Gasteiger partial charge in [-0.3, -0.25) is 4.79 Å². The number of rotatable bonds is 2. The minimum absolute atomic E-state index is 0.0691. The van der Waals surface area contributed by atoms with Crippen LogP contribution in [0.3, 0.4) is 0 Å².